The van der Waals surface area contributed by atoms with Crippen LogP contribution in [0.2, 0.25) is 0 Å². The summed E-state index contributed by atoms with van der Waals surface area (Å²) in [5.74, 6) is -0.192. The zero-order chi connectivity index (χ0) is 13.4. The topological polar surface area (TPSA) is 46.5 Å². The summed E-state index contributed by atoms with van der Waals surface area (Å²) in [5.41, 5.74) is 1.19. The molecule has 0 aliphatic rings. The van der Waals surface area contributed by atoms with Gasteiger partial charge in [0.1, 0.15) is 5.75 Å². The molecule has 3 heteroatoms. The van der Waals surface area contributed by atoms with Gasteiger partial charge >= 0.3 is 5.97 Å². The molecule has 0 fully saturated rings. The van der Waals surface area contributed by atoms with Gasteiger partial charge in [-0.3, -0.25) is 0 Å². The Bertz CT molecular complexity index is 385. The van der Waals surface area contributed by atoms with E-state index in [1.807, 2.05) is 6.07 Å². The van der Waals surface area contributed by atoms with E-state index >= 15 is 0 Å². The minimum Gasteiger partial charge on any atom is -0.496 e. The average Bonchev–Trinajstić information content (AvgIpc) is 2.38. The van der Waals surface area contributed by atoms with E-state index in [1.165, 1.54) is 19.3 Å². The molecule has 0 amide bonds. The third-order valence-electron chi connectivity index (χ3n) is 3.11. The minimum atomic E-state index is -0.877. The van der Waals surface area contributed by atoms with E-state index in [1.54, 1.807) is 19.2 Å². The van der Waals surface area contributed by atoms with E-state index < -0.39 is 5.97 Å². The first-order valence-corrected chi connectivity index (χ1v) is 6.59. The fourth-order valence-electron chi connectivity index (χ4n) is 2.12. The molecule has 0 aliphatic heterocycles. The van der Waals surface area contributed by atoms with Gasteiger partial charge < -0.3 is 9.84 Å². The van der Waals surface area contributed by atoms with Gasteiger partial charge in [0.2, 0.25) is 0 Å². The third kappa shape index (κ3) is 4.06. The molecular formula is C15H22O3. The maximum Gasteiger partial charge on any atom is 0.336 e. The van der Waals surface area contributed by atoms with Crippen LogP contribution < -0.4 is 4.74 Å². The van der Waals surface area contributed by atoms with Crippen LogP contribution in [0.5, 0.6) is 5.75 Å². The Kier molecular flexibility index (Phi) is 6.26. The number of hydrogen-bond donors (Lipinski definition) is 1. The molecule has 0 atom stereocenters. The number of hydrogen-bond acceptors (Lipinski definition) is 2. The largest absolute Gasteiger partial charge is 0.496 e. The summed E-state index contributed by atoms with van der Waals surface area (Å²) in [7, 11) is 1.58. The van der Waals surface area contributed by atoms with Crippen molar-refractivity contribution >= 4 is 5.97 Å². The van der Waals surface area contributed by atoms with Gasteiger partial charge in [-0.2, -0.15) is 0 Å². The van der Waals surface area contributed by atoms with Crippen LogP contribution in [0.1, 0.15) is 54.9 Å². The second-order valence-electron chi connectivity index (χ2n) is 4.46. The lowest BCUT2D eigenvalue weighted by Gasteiger charge is -2.11. The van der Waals surface area contributed by atoms with Crippen molar-refractivity contribution in [1.82, 2.24) is 0 Å². The number of carboxylic acids is 1. The maximum absolute atomic E-state index is 11.2. The molecule has 0 radical (unpaired) electrons. The predicted octanol–water partition coefficient (Wildman–Crippen LogP) is 3.91. The number of benzene rings is 1. The Morgan fingerprint density at radius 1 is 1.22 bits per heavy atom. The second-order valence-corrected chi connectivity index (χ2v) is 4.46. The number of carboxylic acid groups (broad SMARTS) is 1. The maximum atomic E-state index is 11.2. The number of methoxy groups -OCH3 is 1. The fraction of sp³-hybridized carbons (Fsp3) is 0.533. The van der Waals surface area contributed by atoms with Crippen molar-refractivity contribution in [2.45, 2.75) is 45.4 Å². The Hall–Kier alpha value is -1.51. The lowest BCUT2D eigenvalue weighted by Crippen LogP contribution is -2.04. The lowest BCUT2D eigenvalue weighted by atomic mass is 9.99. The highest BCUT2D eigenvalue weighted by atomic mass is 16.5. The molecule has 3 nitrogen and oxygen atoms in total. The Labute approximate surface area is 109 Å². The average molecular weight is 250 g/mol. The van der Waals surface area contributed by atoms with Crippen LogP contribution >= 0.6 is 0 Å². The number of aromatic carboxylic acids is 1. The van der Waals surface area contributed by atoms with Crippen molar-refractivity contribution < 1.29 is 14.6 Å². The molecule has 0 aromatic heterocycles. The van der Waals surface area contributed by atoms with Crippen LogP contribution in [0.4, 0.5) is 0 Å². The standard InChI is InChI=1S/C15H22O3/c1-3-4-5-6-7-9-12-13(15(16)17)10-8-11-14(12)18-2/h8,10-11H,3-7,9H2,1-2H3,(H,16,17). The van der Waals surface area contributed by atoms with Crippen LogP contribution in [0, 0.1) is 0 Å². The highest BCUT2D eigenvalue weighted by Gasteiger charge is 2.13. The van der Waals surface area contributed by atoms with Gasteiger partial charge in [-0.15, -0.1) is 0 Å². The molecule has 1 rings (SSSR count). The van der Waals surface area contributed by atoms with Crippen LogP contribution in [-0.4, -0.2) is 18.2 Å². The molecule has 0 saturated carbocycles. The Balaban J connectivity index is 2.69. The van der Waals surface area contributed by atoms with Gasteiger partial charge in [0.05, 0.1) is 12.7 Å². The Morgan fingerprint density at radius 2 is 1.94 bits per heavy atom. The second kappa shape index (κ2) is 7.75. The first-order chi connectivity index (χ1) is 8.70. The van der Waals surface area contributed by atoms with Crippen molar-refractivity contribution in [2.75, 3.05) is 7.11 Å². The minimum absolute atomic E-state index is 0.366. The molecule has 0 bridgehead atoms. The van der Waals surface area contributed by atoms with Crippen LogP contribution in [0.3, 0.4) is 0 Å². The van der Waals surface area contributed by atoms with E-state index in [0.717, 1.165) is 24.8 Å². The summed E-state index contributed by atoms with van der Waals surface area (Å²) in [6.07, 6.45) is 6.61. The van der Waals surface area contributed by atoms with Crippen molar-refractivity contribution in [1.29, 1.82) is 0 Å². The van der Waals surface area contributed by atoms with Gasteiger partial charge in [0, 0.05) is 5.56 Å². The van der Waals surface area contributed by atoms with E-state index in [2.05, 4.69) is 6.92 Å². The van der Waals surface area contributed by atoms with Crippen LogP contribution in [0.15, 0.2) is 18.2 Å². The summed E-state index contributed by atoms with van der Waals surface area (Å²) in [6.45, 7) is 2.18. The molecule has 1 N–H and O–H groups in total. The van der Waals surface area contributed by atoms with Crippen molar-refractivity contribution in [3.63, 3.8) is 0 Å². The number of unbranched alkanes of at least 4 members (excludes halogenated alkanes) is 4. The molecule has 1 aromatic carbocycles. The molecule has 0 heterocycles. The fourth-order valence-corrected chi connectivity index (χ4v) is 2.12. The van der Waals surface area contributed by atoms with Crippen molar-refractivity contribution in [3.05, 3.63) is 29.3 Å². The first kappa shape index (κ1) is 14.6. The molecule has 0 unspecified atom stereocenters. The highest BCUT2D eigenvalue weighted by Crippen LogP contribution is 2.24. The predicted molar refractivity (Wildman–Crippen MR) is 72.4 cm³/mol. The van der Waals surface area contributed by atoms with E-state index in [9.17, 15) is 9.90 Å². The number of rotatable bonds is 8. The molecule has 18 heavy (non-hydrogen) atoms. The molecule has 100 valence electrons. The van der Waals surface area contributed by atoms with Gasteiger partial charge in [-0.1, -0.05) is 38.7 Å². The quantitative estimate of drug-likeness (QED) is 0.712. The van der Waals surface area contributed by atoms with Gasteiger partial charge in [-0.25, -0.2) is 4.79 Å². The third-order valence-corrected chi connectivity index (χ3v) is 3.11. The lowest BCUT2D eigenvalue weighted by molar-refractivity contribution is 0.0695. The van der Waals surface area contributed by atoms with Gasteiger partial charge in [0.15, 0.2) is 0 Å². The van der Waals surface area contributed by atoms with Crippen molar-refractivity contribution in [3.8, 4) is 5.75 Å². The Morgan fingerprint density at radius 3 is 2.56 bits per heavy atom. The van der Waals surface area contributed by atoms with Crippen LogP contribution in [-0.2, 0) is 6.42 Å². The van der Waals surface area contributed by atoms with Crippen molar-refractivity contribution in [2.24, 2.45) is 0 Å². The SMILES string of the molecule is CCCCCCCc1c(OC)cccc1C(=O)O. The summed E-state index contributed by atoms with van der Waals surface area (Å²) < 4.78 is 5.25. The van der Waals surface area contributed by atoms with E-state index in [0.29, 0.717) is 11.3 Å². The summed E-state index contributed by atoms with van der Waals surface area (Å²) in [6, 6.07) is 5.20. The molecule has 0 saturated heterocycles. The van der Waals surface area contributed by atoms with E-state index in [4.69, 9.17) is 4.74 Å². The van der Waals surface area contributed by atoms with Gasteiger partial charge in [-0.05, 0) is 25.0 Å². The molecular weight excluding hydrogens is 228 g/mol. The van der Waals surface area contributed by atoms with E-state index in [-0.39, 0.29) is 0 Å². The summed E-state index contributed by atoms with van der Waals surface area (Å²) >= 11 is 0. The summed E-state index contributed by atoms with van der Waals surface area (Å²) in [4.78, 5) is 11.2. The van der Waals surface area contributed by atoms with Crippen LogP contribution in [0.25, 0.3) is 0 Å². The number of ether oxygens (including phenoxy) is 1. The smallest absolute Gasteiger partial charge is 0.336 e. The normalized spacial score (nSPS) is 10.3. The first-order valence-electron chi connectivity index (χ1n) is 6.59. The summed E-state index contributed by atoms with van der Waals surface area (Å²) in [5, 5.41) is 9.17. The molecule has 1 aromatic rings. The molecule has 0 spiro atoms. The zero-order valence-corrected chi connectivity index (χ0v) is 11.2. The highest BCUT2D eigenvalue weighted by molar-refractivity contribution is 5.90. The number of carbonyl (C=O) groups is 1. The zero-order valence-electron chi connectivity index (χ0n) is 11.2. The molecule has 0 aliphatic carbocycles. The monoisotopic (exact) mass is 250 g/mol. The van der Waals surface area contributed by atoms with Gasteiger partial charge in [0.25, 0.3) is 0 Å².